The number of rotatable bonds is 3. The summed E-state index contributed by atoms with van der Waals surface area (Å²) < 4.78 is 4.04. The van der Waals surface area contributed by atoms with Gasteiger partial charge < -0.3 is 14.5 Å². The smallest absolute Gasteiger partial charge is 0.253 e. The minimum absolute atomic E-state index is 0.0610. The fourth-order valence-electron chi connectivity index (χ4n) is 3.28. The maximum absolute atomic E-state index is 12.6. The van der Waals surface area contributed by atoms with Crippen molar-refractivity contribution in [1.82, 2.24) is 19.4 Å². The number of aryl methyl sites for hydroxylation is 3. The second kappa shape index (κ2) is 5.77. The minimum atomic E-state index is -0.0610. The summed E-state index contributed by atoms with van der Waals surface area (Å²) in [5.41, 5.74) is 4.85. The number of aromatic nitrogens is 3. The molecule has 2 aromatic heterocycles. The quantitative estimate of drug-likeness (QED) is 0.626. The van der Waals surface area contributed by atoms with Crippen LogP contribution in [0.4, 0.5) is 0 Å². The second-order valence-electron chi connectivity index (χ2n) is 6.39. The van der Waals surface area contributed by atoms with Crippen LogP contribution >= 0.6 is 0 Å². The van der Waals surface area contributed by atoms with Gasteiger partial charge in [-0.3, -0.25) is 4.79 Å². The monoisotopic (exact) mass is 332 g/mol. The predicted octanol–water partition coefficient (Wildman–Crippen LogP) is 3.30. The lowest BCUT2D eigenvalue weighted by atomic mass is 10.1. The number of para-hydroxylation sites is 1. The molecule has 4 rings (SSSR count). The van der Waals surface area contributed by atoms with E-state index in [0.29, 0.717) is 12.1 Å². The lowest BCUT2D eigenvalue weighted by molar-refractivity contribution is 0.0952. The average molecular weight is 332 g/mol. The standard InChI is InChI=1S/C20H20N4O/c1-13-22-17-10-14(8-9-19(17)24(13)3)11-21-20(25)16-12-23(2)18-7-5-4-6-15(16)18/h4-10,12H,11H2,1-3H3,(H,21,25). The number of benzene rings is 2. The normalized spacial score (nSPS) is 11.3. The summed E-state index contributed by atoms with van der Waals surface area (Å²) >= 11 is 0. The highest BCUT2D eigenvalue weighted by Gasteiger charge is 2.13. The van der Waals surface area contributed by atoms with Gasteiger partial charge in [0.2, 0.25) is 0 Å². The lowest BCUT2D eigenvalue weighted by Crippen LogP contribution is -2.22. The SMILES string of the molecule is Cc1nc2cc(CNC(=O)c3cn(C)c4ccccc34)ccc2n1C. The molecule has 2 aromatic carbocycles. The molecule has 1 amide bonds. The van der Waals surface area contributed by atoms with E-state index in [0.717, 1.165) is 33.3 Å². The molecule has 0 bridgehead atoms. The molecule has 25 heavy (non-hydrogen) atoms. The van der Waals surface area contributed by atoms with Gasteiger partial charge in [-0.1, -0.05) is 24.3 Å². The first-order chi connectivity index (χ1) is 12.0. The van der Waals surface area contributed by atoms with Gasteiger partial charge in [-0.25, -0.2) is 4.98 Å². The molecule has 0 atom stereocenters. The van der Waals surface area contributed by atoms with Crippen molar-refractivity contribution in [1.29, 1.82) is 0 Å². The van der Waals surface area contributed by atoms with E-state index in [1.54, 1.807) is 0 Å². The first-order valence-corrected chi connectivity index (χ1v) is 8.29. The number of imidazole rings is 1. The number of carbonyl (C=O) groups is 1. The number of nitrogens with zero attached hydrogens (tertiary/aromatic N) is 3. The molecule has 5 nitrogen and oxygen atoms in total. The fourth-order valence-corrected chi connectivity index (χ4v) is 3.28. The minimum Gasteiger partial charge on any atom is -0.350 e. The van der Waals surface area contributed by atoms with Crippen molar-refractivity contribution in [3.8, 4) is 0 Å². The van der Waals surface area contributed by atoms with Crippen LogP contribution in [0.1, 0.15) is 21.7 Å². The van der Waals surface area contributed by atoms with Crippen LogP contribution in [-0.4, -0.2) is 20.0 Å². The zero-order valence-electron chi connectivity index (χ0n) is 14.6. The molecule has 1 N–H and O–H groups in total. The Kier molecular flexibility index (Phi) is 3.57. The molecular formula is C20H20N4O. The van der Waals surface area contributed by atoms with Crippen LogP contribution in [0.3, 0.4) is 0 Å². The van der Waals surface area contributed by atoms with Gasteiger partial charge in [-0.15, -0.1) is 0 Å². The Morgan fingerprint density at radius 2 is 1.92 bits per heavy atom. The molecule has 0 aliphatic heterocycles. The Balaban J connectivity index is 1.57. The van der Waals surface area contributed by atoms with Gasteiger partial charge in [0.05, 0.1) is 16.6 Å². The number of nitrogens with one attached hydrogen (secondary N) is 1. The second-order valence-corrected chi connectivity index (χ2v) is 6.39. The van der Waals surface area contributed by atoms with Crippen molar-refractivity contribution in [2.75, 3.05) is 0 Å². The van der Waals surface area contributed by atoms with Gasteiger partial charge in [0.15, 0.2) is 0 Å². The number of fused-ring (bicyclic) bond motifs is 2. The van der Waals surface area contributed by atoms with Gasteiger partial charge in [-0.2, -0.15) is 0 Å². The highest BCUT2D eigenvalue weighted by Crippen LogP contribution is 2.20. The zero-order chi connectivity index (χ0) is 17.6. The number of hydrogen-bond acceptors (Lipinski definition) is 2. The Labute approximate surface area is 145 Å². The van der Waals surface area contributed by atoms with Crippen LogP contribution in [0.25, 0.3) is 21.9 Å². The molecular weight excluding hydrogens is 312 g/mol. The van der Waals surface area contributed by atoms with E-state index in [9.17, 15) is 4.79 Å². The third kappa shape index (κ3) is 2.58. The van der Waals surface area contributed by atoms with E-state index < -0.39 is 0 Å². The molecule has 0 spiro atoms. The zero-order valence-corrected chi connectivity index (χ0v) is 14.6. The van der Waals surface area contributed by atoms with Crippen LogP contribution in [0.5, 0.6) is 0 Å². The molecule has 0 saturated carbocycles. The third-order valence-electron chi connectivity index (χ3n) is 4.76. The van der Waals surface area contributed by atoms with Gasteiger partial charge in [-0.05, 0) is 30.7 Å². The molecule has 4 aromatic rings. The molecule has 0 unspecified atom stereocenters. The van der Waals surface area contributed by atoms with Gasteiger partial charge in [0.1, 0.15) is 5.82 Å². The third-order valence-corrected chi connectivity index (χ3v) is 4.76. The van der Waals surface area contributed by atoms with E-state index in [1.807, 2.05) is 68.2 Å². The first-order valence-electron chi connectivity index (χ1n) is 8.29. The van der Waals surface area contributed by atoms with Crippen molar-refractivity contribution in [2.45, 2.75) is 13.5 Å². The number of hydrogen-bond donors (Lipinski definition) is 1. The van der Waals surface area contributed by atoms with E-state index in [2.05, 4.69) is 20.9 Å². The Hall–Kier alpha value is -3.08. The molecule has 0 aliphatic rings. The molecule has 0 aliphatic carbocycles. The Bertz CT molecular complexity index is 1100. The topological polar surface area (TPSA) is 51.9 Å². The summed E-state index contributed by atoms with van der Waals surface area (Å²) in [6, 6.07) is 14.0. The summed E-state index contributed by atoms with van der Waals surface area (Å²) in [5, 5.41) is 3.99. The highest BCUT2D eigenvalue weighted by molar-refractivity contribution is 6.06. The summed E-state index contributed by atoms with van der Waals surface area (Å²) in [7, 11) is 3.96. The van der Waals surface area contributed by atoms with Crippen molar-refractivity contribution >= 4 is 27.8 Å². The van der Waals surface area contributed by atoms with Crippen LogP contribution in [0.15, 0.2) is 48.7 Å². The van der Waals surface area contributed by atoms with Gasteiger partial charge in [0, 0.05) is 37.7 Å². The summed E-state index contributed by atoms with van der Waals surface area (Å²) in [6.07, 6.45) is 1.88. The van der Waals surface area contributed by atoms with E-state index >= 15 is 0 Å². The van der Waals surface area contributed by atoms with Gasteiger partial charge in [0.25, 0.3) is 5.91 Å². The molecule has 0 saturated heterocycles. The maximum atomic E-state index is 12.6. The van der Waals surface area contributed by atoms with Crippen LogP contribution in [0, 0.1) is 6.92 Å². The Morgan fingerprint density at radius 1 is 1.12 bits per heavy atom. The van der Waals surface area contributed by atoms with Gasteiger partial charge >= 0.3 is 0 Å². The van der Waals surface area contributed by atoms with Crippen molar-refractivity contribution in [3.63, 3.8) is 0 Å². The number of carbonyl (C=O) groups excluding carboxylic acids is 1. The molecule has 0 radical (unpaired) electrons. The van der Waals surface area contributed by atoms with E-state index in [-0.39, 0.29) is 5.91 Å². The maximum Gasteiger partial charge on any atom is 0.253 e. The van der Waals surface area contributed by atoms with E-state index in [4.69, 9.17) is 0 Å². The lowest BCUT2D eigenvalue weighted by Gasteiger charge is -2.05. The predicted molar refractivity (Wildman–Crippen MR) is 99.5 cm³/mol. The molecule has 5 heteroatoms. The summed E-state index contributed by atoms with van der Waals surface area (Å²) in [6.45, 7) is 2.47. The molecule has 0 fully saturated rings. The van der Waals surface area contributed by atoms with Crippen LogP contribution in [-0.2, 0) is 20.6 Å². The molecule has 126 valence electrons. The highest BCUT2D eigenvalue weighted by atomic mass is 16.1. The first kappa shape index (κ1) is 15.4. The average Bonchev–Trinajstić information content (AvgIpc) is 3.10. The number of amides is 1. The molecule has 2 heterocycles. The summed E-state index contributed by atoms with van der Waals surface area (Å²) in [4.78, 5) is 17.2. The Morgan fingerprint density at radius 3 is 2.76 bits per heavy atom. The van der Waals surface area contributed by atoms with Crippen LogP contribution in [0.2, 0.25) is 0 Å². The van der Waals surface area contributed by atoms with Crippen molar-refractivity contribution in [3.05, 3.63) is 65.6 Å². The summed E-state index contributed by atoms with van der Waals surface area (Å²) in [5.74, 6) is 0.918. The fraction of sp³-hybridized carbons (Fsp3) is 0.200. The van der Waals surface area contributed by atoms with Crippen LogP contribution < -0.4 is 5.32 Å². The van der Waals surface area contributed by atoms with Crippen molar-refractivity contribution < 1.29 is 4.79 Å². The van der Waals surface area contributed by atoms with Crippen molar-refractivity contribution in [2.24, 2.45) is 14.1 Å². The van der Waals surface area contributed by atoms with E-state index in [1.165, 1.54) is 0 Å². The largest absolute Gasteiger partial charge is 0.350 e.